The highest BCUT2D eigenvalue weighted by Crippen LogP contribution is 2.16. The zero-order valence-electron chi connectivity index (χ0n) is 11.9. The molecular weight excluding hydrogens is 295 g/mol. The first-order valence-corrected chi connectivity index (χ1v) is 8.46. The van der Waals surface area contributed by atoms with Crippen LogP contribution in [0.2, 0.25) is 0 Å². The highest BCUT2D eigenvalue weighted by atomic mass is 32.2. The number of nitrogens with zero attached hydrogens (tertiary/aromatic N) is 1. The zero-order valence-corrected chi connectivity index (χ0v) is 12.7. The van der Waals surface area contributed by atoms with Crippen LogP contribution in [-0.2, 0) is 14.8 Å². The van der Waals surface area contributed by atoms with E-state index in [2.05, 4.69) is 4.72 Å². The lowest BCUT2D eigenvalue weighted by atomic mass is 10.1. The molecule has 0 spiro atoms. The van der Waals surface area contributed by atoms with Crippen molar-refractivity contribution in [2.24, 2.45) is 0 Å². The van der Waals surface area contributed by atoms with Gasteiger partial charge in [-0.3, -0.25) is 4.79 Å². The van der Waals surface area contributed by atoms with E-state index in [0.717, 1.165) is 12.1 Å². The lowest BCUT2D eigenvalue weighted by molar-refractivity contribution is -0.131. The fourth-order valence-corrected chi connectivity index (χ4v) is 3.68. The minimum Gasteiger partial charge on any atom is -0.343 e. The van der Waals surface area contributed by atoms with Crippen LogP contribution in [0.5, 0.6) is 0 Å². The van der Waals surface area contributed by atoms with Crippen LogP contribution >= 0.6 is 0 Å². The van der Waals surface area contributed by atoms with Crippen molar-refractivity contribution in [1.82, 2.24) is 9.62 Å². The largest absolute Gasteiger partial charge is 0.343 e. The molecule has 0 atom stereocenters. The third-order valence-electron chi connectivity index (χ3n) is 3.60. The molecule has 2 rings (SSSR count). The molecule has 0 saturated carbocycles. The Morgan fingerprint density at radius 1 is 1.29 bits per heavy atom. The summed E-state index contributed by atoms with van der Waals surface area (Å²) in [6.07, 6.45) is 1.64. The Balaban J connectivity index is 1.96. The number of hydrogen-bond donors (Lipinski definition) is 1. The van der Waals surface area contributed by atoms with E-state index in [4.69, 9.17) is 0 Å². The standard InChI is InChI=1S/C14H19FN2O3S/c1-2-14(18)17-9-7-12(8-10-17)16-21(19,20)13-5-3-11(15)4-6-13/h3-6,12,16H,2,7-10H2,1H3. The van der Waals surface area contributed by atoms with Crippen molar-refractivity contribution in [3.63, 3.8) is 0 Å². The predicted molar refractivity (Wildman–Crippen MR) is 76.6 cm³/mol. The molecule has 1 aromatic carbocycles. The molecule has 1 heterocycles. The average Bonchev–Trinajstić information content (AvgIpc) is 2.47. The number of carbonyl (C=O) groups excluding carboxylic acids is 1. The monoisotopic (exact) mass is 314 g/mol. The Kier molecular flexibility index (Phi) is 4.95. The van der Waals surface area contributed by atoms with Crippen molar-refractivity contribution in [1.29, 1.82) is 0 Å². The third-order valence-corrected chi connectivity index (χ3v) is 5.13. The average molecular weight is 314 g/mol. The molecule has 1 fully saturated rings. The topological polar surface area (TPSA) is 66.5 Å². The first-order chi connectivity index (χ1) is 9.92. The van der Waals surface area contributed by atoms with Crippen LogP contribution in [0.15, 0.2) is 29.2 Å². The van der Waals surface area contributed by atoms with Crippen molar-refractivity contribution >= 4 is 15.9 Å². The molecule has 0 unspecified atom stereocenters. The van der Waals surface area contributed by atoms with Crippen LogP contribution in [0.1, 0.15) is 26.2 Å². The van der Waals surface area contributed by atoms with Gasteiger partial charge in [0.1, 0.15) is 5.82 Å². The van der Waals surface area contributed by atoms with Crippen molar-refractivity contribution in [3.05, 3.63) is 30.1 Å². The van der Waals surface area contributed by atoms with Crippen molar-refractivity contribution < 1.29 is 17.6 Å². The smallest absolute Gasteiger partial charge is 0.240 e. The van der Waals surface area contributed by atoms with Gasteiger partial charge in [0.05, 0.1) is 4.90 Å². The van der Waals surface area contributed by atoms with Crippen LogP contribution in [-0.4, -0.2) is 38.4 Å². The maximum atomic E-state index is 12.8. The summed E-state index contributed by atoms with van der Waals surface area (Å²) in [4.78, 5) is 13.4. The number of halogens is 1. The maximum Gasteiger partial charge on any atom is 0.240 e. The minimum absolute atomic E-state index is 0.0518. The number of sulfonamides is 1. The van der Waals surface area contributed by atoms with E-state index in [1.807, 2.05) is 6.92 Å². The molecule has 116 valence electrons. The van der Waals surface area contributed by atoms with Crippen LogP contribution in [0.3, 0.4) is 0 Å². The van der Waals surface area contributed by atoms with Crippen molar-refractivity contribution in [2.75, 3.05) is 13.1 Å². The highest BCUT2D eigenvalue weighted by molar-refractivity contribution is 7.89. The summed E-state index contributed by atoms with van der Waals surface area (Å²) in [5.74, 6) is -0.379. The van der Waals surface area contributed by atoms with E-state index in [-0.39, 0.29) is 16.8 Å². The Bertz CT molecular complexity index is 593. The van der Waals surface area contributed by atoms with Crippen molar-refractivity contribution in [2.45, 2.75) is 37.1 Å². The molecule has 0 aromatic heterocycles. The van der Waals surface area contributed by atoms with Crippen LogP contribution in [0, 0.1) is 5.82 Å². The van der Waals surface area contributed by atoms with E-state index in [1.165, 1.54) is 12.1 Å². The predicted octanol–water partition coefficient (Wildman–Crippen LogP) is 1.51. The van der Waals surface area contributed by atoms with Gasteiger partial charge in [0, 0.05) is 25.6 Å². The number of rotatable bonds is 4. The van der Waals surface area contributed by atoms with Gasteiger partial charge in [0.2, 0.25) is 15.9 Å². The van der Waals surface area contributed by atoms with Gasteiger partial charge in [0.25, 0.3) is 0 Å². The molecule has 0 aliphatic carbocycles. The van der Waals surface area contributed by atoms with Gasteiger partial charge >= 0.3 is 0 Å². The number of hydrogen-bond acceptors (Lipinski definition) is 3. The van der Waals surface area contributed by atoms with Gasteiger partial charge in [0.15, 0.2) is 0 Å². The van der Waals surface area contributed by atoms with Gasteiger partial charge in [-0.2, -0.15) is 0 Å². The lowest BCUT2D eigenvalue weighted by Crippen LogP contribution is -2.46. The molecule has 1 aromatic rings. The SMILES string of the molecule is CCC(=O)N1CCC(NS(=O)(=O)c2ccc(F)cc2)CC1. The summed E-state index contributed by atoms with van der Waals surface area (Å²) in [6.45, 7) is 2.93. The molecule has 0 bridgehead atoms. The number of carbonyl (C=O) groups is 1. The summed E-state index contributed by atoms with van der Waals surface area (Å²) < 4.78 is 39.8. The molecule has 1 amide bonds. The number of benzene rings is 1. The quantitative estimate of drug-likeness (QED) is 0.916. The zero-order chi connectivity index (χ0) is 15.5. The number of nitrogens with one attached hydrogen (secondary N) is 1. The second kappa shape index (κ2) is 6.53. The van der Waals surface area contributed by atoms with Crippen molar-refractivity contribution in [3.8, 4) is 0 Å². The molecular formula is C14H19FN2O3S. The summed E-state index contributed by atoms with van der Waals surface area (Å²) in [5.41, 5.74) is 0. The molecule has 5 nitrogen and oxygen atoms in total. The van der Waals surface area contributed by atoms with E-state index in [9.17, 15) is 17.6 Å². The van der Waals surface area contributed by atoms with Crippen LogP contribution in [0.25, 0.3) is 0 Å². The van der Waals surface area contributed by atoms with Gasteiger partial charge in [-0.25, -0.2) is 17.5 Å². The van der Waals surface area contributed by atoms with E-state index in [1.54, 1.807) is 4.90 Å². The highest BCUT2D eigenvalue weighted by Gasteiger charge is 2.26. The second-order valence-electron chi connectivity index (χ2n) is 5.08. The van der Waals surface area contributed by atoms with E-state index >= 15 is 0 Å². The summed E-state index contributed by atoms with van der Waals surface area (Å²) in [6, 6.07) is 4.54. The van der Waals surface area contributed by atoms with Gasteiger partial charge < -0.3 is 4.90 Å². The van der Waals surface area contributed by atoms with E-state index in [0.29, 0.717) is 32.4 Å². The van der Waals surface area contributed by atoms with Gasteiger partial charge in [-0.05, 0) is 37.1 Å². The lowest BCUT2D eigenvalue weighted by Gasteiger charge is -2.32. The van der Waals surface area contributed by atoms with Crippen LogP contribution in [0.4, 0.5) is 4.39 Å². The fourth-order valence-electron chi connectivity index (χ4n) is 2.37. The summed E-state index contributed by atoms with van der Waals surface area (Å²) in [5, 5.41) is 0. The molecule has 21 heavy (non-hydrogen) atoms. The fraction of sp³-hybridized carbons (Fsp3) is 0.500. The number of likely N-dealkylation sites (tertiary alicyclic amines) is 1. The maximum absolute atomic E-state index is 12.8. The molecule has 1 aliphatic rings. The Labute approximate surface area is 124 Å². The molecule has 1 saturated heterocycles. The van der Waals surface area contributed by atoms with E-state index < -0.39 is 15.8 Å². The Morgan fingerprint density at radius 2 is 1.86 bits per heavy atom. The normalized spacial score (nSPS) is 17.0. The molecule has 1 N–H and O–H groups in total. The Morgan fingerprint density at radius 3 is 2.38 bits per heavy atom. The number of amides is 1. The Hall–Kier alpha value is -1.47. The van der Waals surface area contributed by atoms with Crippen LogP contribution < -0.4 is 4.72 Å². The van der Waals surface area contributed by atoms with Gasteiger partial charge in [-0.15, -0.1) is 0 Å². The number of piperidine rings is 1. The first-order valence-electron chi connectivity index (χ1n) is 6.98. The summed E-state index contributed by atoms with van der Waals surface area (Å²) >= 11 is 0. The molecule has 1 aliphatic heterocycles. The summed E-state index contributed by atoms with van der Waals surface area (Å²) in [7, 11) is -3.64. The first kappa shape index (κ1) is 15.9. The second-order valence-corrected chi connectivity index (χ2v) is 6.80. The van der Waals surface area contributed by atoms with Gasteiger partial charge in [-0.1, -0.05) is 6.92 Å². The molecule has 7 heteroatoms. The minimum atomic E-state index is -3.64. The molecule has 0 radical (unpaired) electrons. The third kappa shape index (κ3) is 4.01.